The van der Waals surface area contributed by atoms with Crippen LogP contribution in [0, 0.1) is 5.92 Å². The van der Waals surface area contributed by atoms with Gasteiger partial charge in [0.2, 0.25) is 5.91 Å². The van der Waals surface area contributed by atoms with Crippen LogP contribution >= 0.6 is 11.8 Å². The summed E-state index contributed by atoms with van der Waals surface area (Å²) in [6.45, 7) is 2.82. The van der Waals surface area contributed by atoms with Gasteiger partial charge in [-0.1, -0.05) is 0 Å². The number of esters is 1. The minimum atomic E-state index is -1.17. The number of amides is 1. The van der Waals surface area contributed by atoms with Crippen LogP contribution in [0.1, 0.15) is 26.2 Å². The number of hydrogen-bond donors (Lipinski definition) is 1. The van der Waals surface area contributed by atoms with Crippen LogP contribution in [0.4, 0.5) is 0 Å². The molecular weight excluding hydrogens is 282 g/mol. The number of carbonyl (C=O) groups excluding carboxylic acids is 2. The van der Waals surface area contributed by atoms with Gasteiger partial charge in [-0.15, -0.1) is 11.8 Å². The largest absolute Gasteiger partial charge is 0.432 e. The molecule has 3 aliphatic rings. The molecule has 20 heavy (non-hydrogen) atoms. The van der Waals surface area contributed by atoms with E-state index in [0.29, 0.717) is 24.6 Å². The fourth-order valence-corrected chi connectivity index (χ4v) is 4.19. The predicted octanol–water partition coefficient (Wildman–Crippen LogP) is 0.811. The fraction of sp³-hybridized carbons (Fsp3) is 0.692. The number of allylic oxidation sites excluding steroid dienone is 1. The van der Waals surface area contributed by atoms with Crippen LogP contribution in [-0.4, -0.2) is 46.8 Å². The molecule has 0 aromatic heterocycles. The molecule has 1 unspecified atom stereocenters. The smallest absolute Gasteiger partial charge is 0.358 e. The lowest BCUT2D eigenvalue weighted by Crippen LogP contribution is -2.48. The molecule has 0 aromatic carbocycles. The summed E-state index contributed by atoms with van der Waals surface area (Å²) in [6.07, 6.45) is 0.990. The van der Waals surface area contributed by atoms with E-state index in [1.807, 2.05) is 0 Å². The van der Waals surface area contributed by atoms with Gasteiger partial charge in [0.05, 0.1) is 11.8 Å². The van der Waals surface area contributed by atoms with Gasteiger partial charge in [0.25, 0.3) is 0 Å². The molecule has 3 aliphatic heterocycles. The summed E-state index contributed by atoms with van der Waals surface area (Å²) in [6, 6.07) is 0. The number of ether oxygens (including phenoxy) is 2. The van der Waals surface area contributed by atoms with E-state index in [9.17, 15) is 14.7 Å². The molecule has 1 N–H and O–H groups in total. The average Bonchev–Trinajstić information content (AvgIpc) is 2.94. The van der Waals surface area contributed by atoms with Crippen molar-refractivity contribution in [3.05, 3.63) is 10.6 Å². The zero-order valence-corrected chi connectivity index (χ0v) is 12.0. The minimum Gasteiger partial charge on any atom is -0.432 e. The Labute approximate surface area is 121 Å². The maximum atomic E-state index is 12.1. The molecule has 2 fully saturated rings. The van der Waals surface area contributed by atoms with Crippen molar-refractivity contribution in [1.29, 1.82) is 0 Å². The van der Waals surface area contributed by atoms with Crippen molar-refractivity contribution in [3.63, 3.8) is 0 Å². The number of thioether (sulfide) groups is 1. The van der Waals surface area contributed by atoms with Crippen LogP contribution in [0.5, 0.6) is 0 Å². The summed E-state index contributed by atoms with van der Waals surface area (Å²) in [5.74, 6) is -0.282. The van der Waals surface area contributed by atoms with Gasteiger partial charge in [0.1, 0.15) is 5.70 Å². The predicted molar refractivity (Wildman–Crippen MR) is 71.2 cm³/mol. The molecule has 110 valence electrons. The van der Waals surface area contributed by atoms with E-state index in [4.69, 9.17) is 9.47 Å². The highest BCUT2D eigenvalue weighted by Crippen LogP contribution is 2.49. The summed E-state index contributed by atoms with van der Waals surface area (Å²) >= 11 is 1.56. The maximum absolute atomic E-state index is 12.1. The van der Waals surface area contributed by atoms with Crippen molar-refractivity contribution in [2.45, 2.75) is 37.9 Å². The molecule has 3 atom stereocenters. The van der Waals surface area contributed by atoms with Crippen LogP contribution in [0.3, 0.4) is 0 Å². The monoisotopic (exact) mass is 299 g/mol. The normalized spacial score (nSPS) is 30.3. The average molecular weight is 299 g/mol. The molecular formula is C13H17NO5S. The standard InChI is InChI=1S/C13H17NO5S/c1-7(15)19-13(17)12-9(4-8-2-3-18-6-8)20-11-5-10(16)14(11)12/h7-8,11,15H,2-6H2,1H3/t7-,8?,11+/m1/s1. The van der Waals surface area contributed by atoms with E-state index < -0.39 is 12.3 Å². The Morgan fingerprint density at radius 1 is 1.65 bits per heavy atom. The Morgan fingerprint density at radius 2 is 2.45 bits per heavy atom. The molecule has 3 rings (SSSR count). The van der Waals surface area contributed by atoms with Crippen molar-refractivity contribution in [2.75, 3.05) is 13.2 Å². The Balaban J connectivity index is 1.80. The van der Waals surface area contributed by atoms with E-state index in [2.05, 4.69) is 0 Å². The number of carbonyl (C=O) groups is 2. The van der Waals surface area contributed by atoms with Gasteiger partial charge >= 0.3 is 5.97 Å². The Hall–Kier alpha value is -1.05. The van der Waals surface area contributed by atoms with Crippen molar-refractivity contribution >= 4 is 23.6 Å². The molecule has 7 heteroatoms. The van der Waals surface area contributed by atoms with Gasteiger partial charge in [-0.2, -0.15) is 0 Å². The van der Waals surface area contributed by atoms with Crippen LogP contribution in [-0.2, 0) is 19.1 Å². The zero-order valence-electron chi connectivity index (χ0n) is 11.2. The molecule has 0 bridgehead atoms. The van der Waals surface area contributed by atoms with Crippen LogP contribution in [0.25, 0.3) is 0 Å². The summed E-state index contributed by atoms with van der Waals surface area (Å²) < 4.78 is 10.2. The summed E-state index contributed by atoms with van der Waals surface area (Å²) in [7, 11) is 0. The highest BCUT2D eigenvalue weighted by Gasteiger charge is 2.49. The van der Waals surface area contributed by atoms with E-state index in [1.54, 1.807) is 11.8 Å². The van der Waals surface area contributed by atoms with Gasteiger partial charge in [-0.3, -0.25) is 9.69 Å². The molecule has 6 nitrogen and oxygen atoms in total. The van der Waals surface area contributed by atoms with E-state index in [1.165, 1.54) is 11.8 Å². The van der Waals surface area contributed by atoms with Crippen molar-refractivity contribution in [3.8, 4) is 0 Å². The third-order valence-electron chi connectivity index (χ3n) is 3.66. The van der Waals surface area contributed by atoms with E-state index in [0.717, 1.165) is 24.4 Å². The number of aliphatic hydroxyl groups is 1. The fourth-order valence-electron chi connectivity index (χ4n) is 2.68. The molecule has 3 heterocycles. The Bertz CT molecular complexity index is 469. The quantitative estimate of drug-likeness (QED) is 0.470. The summed E-state index contributed by atoms with van der Waals surface area (Å²) in [5.41, 5.74) is 0.323. The topological polar surface area (TPSA) is 76.1 Å². The first-order valence-electron chi connectivity index (χ1n) is 6.75. The lowest BCUT2D eigenvalue weighted by Gasteiger charge is -2.34. The lowest BCUT2D eigenvalue weighted by molar-refractivity contribution is -0.164. The minimum absolute atomic E-state index is 0.0244. The van der Waals surface area contributed by atoms with Crippen molar-refractivity contribution < 1.29 is 24.2 Å². The van der Waals surface area contributed by atoms with Gasteiger partial charge < -0.3 is 14.6 Å². The van der Waals surface area contributed by atoms with E-state index >= 15 is 0 Å². The highest BCUT2D eigenvalue weighted by atomic mass is 32.2. The van der Waals surface area contributed by atoms with Crippen LogP contribution < -0.4 is 0 Å². The Kier molecular flexibility index (Phi) is 3.74. The first kappa shape index (κ1) is 13.9. The third-order valence-corrected chi connectivity index (χ3v) is 4.95. The van der Waals surface area contributed by atoms with Crippen LogP contribution in [0.15, 0.2) is 10.6 Å². The van der Waals surface area contributed by atoms with Gasteiger partial charge in [0.15, 0.2) is 6.29 Å². The molecule has 0 spiro atoms. The van der Waals surface area contributed by atoms with Crippen LogP contribution in [0.2, 0.25) is 0 Å². The molecule has 1 amide bonds. The number of hydrogen-bond acceptors (Lipinski definition) is 6. The van der Waals surface area contributed by atoms with Gasteiger partial charge in [0, 0.05) is 18.1 Å². The number of rotatable bonds is 4. The number of nitrogens with zero attached hydrogens (tertiary/aromatic N) is 1. The highest BCUT2D eigenvalue weighted by molar-refractivity contribution is 8.04. The first-order valence-corrected chi connectivity index (χ1v) is 7.63. The van der Waals surface area contributed by atoms with Gasteiger partial charge in [-0.05, 0) is 25.7 Å². The van der Waals surface area contributed by atoms with Gasteiger partial charge in [-0.25, -0.2) is 4.79 Å². The number of β-lactam (4-membered cyclic amide) rings is 1. The van der Waals surface area contributed by atoms with Crippen molar-refractivity contribution in [1.82, 2.24) is 4.90 Å². The summed E-state index contributed by atoms with van der Waals surface area (Å²) in [4.78, 5) is 26.2. The second-order valence-electron chi connectivity index (χ2n) is 5.25. The third kappa shape index (κ3) is 2.45. The number of aliphatic hydroxyl groups excluding tert-OH is 1. The molecule has 2 saturated heterocycles. The molecule has 0 aliphatic carbocycles. The zero-order chi connectivity index (χ0) is 14.3. The second-order valence-corrected chi connectivity index (χ2v) is 6.52. The summed E-state index contributed by atoms with van der Waals surface area (Å²) in [5, 5.41) is 9.22. The number of fused-ring (bicyclic) bond motifs is 1. The molecule has 0 saturated carbocycles. The van der Waals surface area contributed by atoms with E-state index in [-0.39, 0.29) is 11.3 Å². The Morgan fingerprint density at radius 3 is 3.05 bits per heavy atom. The lowest BCUT2D eigenvalue weighted by atomic mass is 10.0. The molecule has 0 radical (unpaired) electrons. The molecule has 0 aromatic rings. The second kappa shape index (κ2) is 5.38. The maximum Gasteiger partial charge on any atom is 0.358 e. The van der Waals surface area contributed by atoms with Crippen molar-refractivity contribution in [2.24, 2.45) is 5.92 Å². The first-order chi connectivity index (χ1) is 9.56. The SMILES string of the molecule is C[C@H](O)OC(=O)C1=C(CC2CCOC2)S[C@H]2CC(=O)N12.